The number of esters is 1. The molecule has 2 N–H and O–H groups in total. The molecule has 1 fully saturated rings. The van der Waals surface area contributed by atoms with Crippen LogP contribution >= 0.6 is 0 Å². The lowest BCUT2D eigenvalue weighted by atomic mass is 9.82. The van der Waals surface area contributed by atoms with Crippen LogP contribution < -0.4 is 0 Å². The summed E-state index contributed by atoms with van der Waals surface area (Å²) in [5.41, 5.74) is 2.11. The van der Waals surface area contributed by atoms with Gasteiger partial charge in [-0.1, -0.05) is 25.3 Å². The molecule has 21 heavy (non-hydrogen) atoms. The summed E-state index contributed by atoms with van der Waals surface area (Å²) in [4.78, 5) is 11.3. The molecular weight excluding hydrogens is 268 g/mol. The van der Waals surface area contributed by atoms with Crippen molar-refractivity contribution < 1.29 is 19.7 Å². The van der Waals surface area contributed by atoms with Gasteiger partial charge in [-0.3, -0.25) is 4.79 Å². The van der Waals surface area contributed by atoms with Gasteiger partial charge in [-0.2, -0.15) is 0 Å². The Bertz CT molecular complexity index is 438. The van der Waals surface area contributed by atoms with Gasteiger partial charge in [0, 0.05) is 6.92 Å². The number of hydrogen-bond acceptors (Lipinski definition) is 4. The van der Waals surface area contributed by atoms with E-state index in [2.05, 4.69) is 19.7 Å². The highest BCUT2D eigenvalue weighted by molar-refractivity contribution is 5.66. The highest BCUT2D eigenvalue weighted by Gasteiger charge is 2.29. The van der Waals surface area contributed by atoms with E-state index in [0.29, 0.717) is 36.8 Å². The molecule has 0 saturated heterocycles. The van der Waals surface area contributed by atoms with E-state index in [0.717, 1.165) is 5.57 Å². The van der Waals surface area contributed by atoms with E-state index in [1.165, 1.54) is 6.92 Å². The molecule has 1 aliphatic carbocycles. The zero-order valence-corrected chi connectivity index (χ0v) is 13.0. The summed E-state index contributed by atoms with van der Waals surface area (Å²) in [6.07, 6.45) is -0.0747. The standard InChI is InChI=1S/C17H26O4/c1-10(2)14-8-16(20)11(3)6-7-15(19)12(4)17(9-14)21-13(5)18/h14-17,19-20H,1,3-4,6-9H2,2,5H3. The minimum absolute atomic E-state index is 0.0249. The molecule has 118 valence electrons. The van der Waals surface area contributed by atoms with Gasteiger partial charge in [0.1, 0.15) is 6.10 Å². The van der Waals surface area contributed by atoms with E-state index in [1.54, 1.807) is 0 Å². The van der Waals surface area contributed by atoms with E-state index in [-0.39, 0.29) is 5.92 Å². The van der Waals surface area contributed by atoms with Crippen molar-refractivity contribution in [2.45, 2.75) is 57.8 Å². The second kappa shape index (κ2) is 7.57. The number of carbonyl (C=O) groups is 1. The van der Waals surface area contributed by atoms with Gasteiger partial charge in [-0.15, -0.1) is 0 Å². The fraction of sp³-hybridized carbons (Fsp3) is 0.588. The van der Waals surface area contributed by atoms with Gasteiger partial charge in [0.15, 0.2) is 0 Å². The average Bonchev–Trinajstić information content (AvgIpc) is 2.39. The Hall–Kier alpha value is -1.39. The van der Waals surface area contributed by atoms with Gasteiger partial charge in [-0.25, -0.2) is 0 Å². The van der Waals surface area contributed by atoms with Crippen molar-refractivity contribution in [3.05, 3.63) is 36.5 Å². The summed E-state index contributed by atoms with van der Waals surface area (Å²) in [6, 6.07) is 0. The van der Waals surface area contributed by atoms with Crippen molar-refractivity contribution in [2.75, 3.05) is 0 Å². The third kappa shape index (κ3) is 5.14. The first-order valence-corrected chi connectivity index (χ1v) is 7.27. The molecule has 0 amide bonds. The summed E-state index contributed by atoms with van der Waals surface area (Å²) < 4.78 is 5.30. The second-order valence-electron chi connectivity index (χ2n) is 5.92. The summed E-state index contributed by atoms with van der Waals surface area (Å²) >= 11 is 0. The fourth-order valence-corrected chi connectivity index (χ4v) is 2.56. The lowest BCUT2D eigenvalue weighted by Gasteiger charge is -2.31. The Labute approximate surface area is 126 Å². The Morgan fingerprint density at radius 3 is 2.33 bits per heavy atom. The van der Waals surface area contributed by atoms with Gasteiger partial charge in [0.25, 0.3) is 0 Å². The zero-order chi connectivity index (χ0) is 16.2. The van der Waals surface area contributed by atoms with E-state index in [1.807, 2.05) is 6.92 Å². The summed E-state index contributed by atoms with van der Waals surface area (Å²) in [5, 5.41) is 20.4. The van der Waals surface area contributed by atoms with Crippen LogP contribution in [0.15, 0.2) is 36.5 Å². The quantitative estimate of drug-likeness (QED) is 0.606. The molecule has 0 bridgehead atoms. The monoisotopic (exact) mass is 294 g/mol. The van der Waals surface area contributed by atoms with Crippen molar-refractivity contribution in [2.24, 2.45) is 5.92 Å². The first-order valence-electron chi connectivity index (χ1n) is 7.27. The average molecular weight is 294 g/mol. The van der Waals surface area contributed by atoms with Crippen LogP contribution in [0.3, 0.4) is 0 Å². The highest BCUT2D eigenvalue weighted by atomic mass is 16.5. The van der Waals surface area contributed by atoms with Crippen molar-refractivity contribution in [3.63, 3.8) is 0 Å². The molecule has 0 aliphatic heterocycles. The second-order valence-corrected chi connectivity index (χ2v) is 5.92. The molecule has 4 nitrogen and oxygen atoms in total. The lowest BCUT2D eigenvalue weighted by molar-refractivity contribution is -0.145. The molecule has 4 unspecified atom stereocenters. The molecule has 1 aliphatic rings. The van der Waals surface area contributed by atoms with Gasteiger partial charge < -0.3 is 14.9 Å². The Morgan fingerprint density at radius 2 is 1.81 bits per heavy atom. The van der Waals surface area contributed by atoms with Crippen LogP contribution in [0, 0.1) is 5.92 Å². The maximum absolute atomic E-state index is 11.3. The molecule has 0 heterocycles. The molecule has 0 spiro atoms. The van der Waals surface area contributed by atoms with Gasteiger partial charge in [-0.05, 0) is 49.7 Å². The van der Waals surface area contributed by atoms with Crippen LogP contribution in [0.1, 0.15) is 39.5 Å². The number of aliphatic hydroxyl groups is 2. The van der Waals surface area contributed by atoms with E-state index in [9.17, 15) is 15.0 Å². The summed E-state index contributed by atoms with van der Waals surface area (Å²) in [7, 11) is 0. The molecule has 1 saturated carbocycles. The number of aliphatic hydroxyl groups excluding tert-OH is 2. The summed E-state index contributed by atoms with van der Waals surface area (Å²) in [6.45, 7) is 14.9. The summed E-state index contributed by atoms with van der Waals surface area (Å²) in [5.74, 6) is -0.431. The van der Waals surface area contributed by atoms with Crippen LogP contribution in [0.2, 0.25) is 0 Å². The molecule has 0 radical (unpaired) electrons. The van der Waals surface area contributed by atoms with Crippen LogP contribution in [-0.4, -0.2) is 34.5 Å². The van der Waals surface area contributed by atoms with Crippen molar-refractivity contribution in [1.29, 1.82) is 0 Å². The third-order valence-electron chi connectivity index (χ3n) is 4.06. The predicted octanol–water partition coefficient (Wildman–Crippen LogP) is 2.52. The molecule has 4 heteroatoms. The van der Waals surface area contributed by atoms with Crippen LogP contribution in [0.5, 0.6) is 0 Å². The van der Waals surface area contributed by atoms with Crippen molar-refractivity contribution >= 4 is 5.97 Å². The van der Waals surface area contributed by atoms with E-state index < -0.39 is 24.3 Å². The molecule has 0 aromatic carbocycles. The predicted molar refractivity (Wildman–Crippen MR) is 82.6 cm³/mol. The Balaban J connectivity index is 3.02. The van der Waals surface area contributed by atoms with Gasteiger partial charge in [0.2, 0.25) is 0 Å². The minimum atomic E-state index is -0.776. The minimum Gasteiger partial charge on any atom is -0.458 e. The third-order valence-corrected chi connectivity index (χ3v) is 4.06. The number of rotatable bonds is 2. The first kappa shape index (κ1) is 17.7. The number of hydrogen-bond donors (Lipinski definition) is 2. The first-order chi connectivity index (χ1) is 9.72. The van der Waals surface area contributed by atoms with Crippen LogP contribution in [0.25, 0.3) is 0 Å². The lowest BCUT2D eigenvalue weighted by Crippen LogP contribution is -2.31. The molecular formula is C17H26O4. The van der Waals surface area contributed by atoms with Crippen molar-refractivity contribution in [1.82, 2.24) is 0 Å². The number of ether oxygens (including phenoxy) is 1. The normalized spacial score (nSPS) is 31.6. The molecule has 1 rings (SSSR count). The van der Waals surface area contributed by atoms with E-state index in [4.69, 9.17) is 4.74 Å². The van der Waals surface area contributed by atoms with Gasteiger partial charge >= 0.3 is 5.97 Å². The number of carbonyl (C=O) groups excluding carboxylic acids is 1. The van der Waals surface area contributed by atoms with Crippen molar-refractivity contribution in [3.8, 4) is 0 Å². The van der Waals surface area contributed by atoms with E-state index >= 15 is 0 Å². The Kier molecular flexibility index (Phi) is 6.37. The van der Waals surface area contributed by atoms with Crippen LogP contribution in [-0.2, 0) is 9.53 Å². The van der Waals surface area contributed by atoms with Crippen LogP contribution in [0.4, 0.5) is 0 Å². The topological polar surface area (TPSA) is 66.8 Å². The molecule has 0 aromatic rings. The van der Waals surface area contributed by atoms with Gasteiger partial charge in [0.05, 0.1) is 12.2 Å². The highest BCUT2D eigenvalue weighted by Crippen LogP contribution is 2.31. The largest absolute Gasteiger partial charge is 0.458 e. The Morgan fingerprint density at radius 1 is 1.19 bits per heavy atom. The maximum Gasteiger partial charge on any atom is 0.303 e. The number of allylic oxidation sites excluding steroid dienone is 1. The maximum atomic E-state index is 11.3. The SMILES string of the molecule is C=C1CCC(O)C(=C)C(OC(C)=O)CC(C(=C)C)CC1O. The molecule has 4 atom stereocenters. The smallest absolute Gasteiger partial charge is 0.303 e. The fourth-order valence-electron chi connectivity index (χ4n) is 2.56. The zero-order valence-electron chi connectivity index (χ0n) is 13.0. The molecule has 0 aromatic heterocycles.